The number of halogens is 1. The smallest absolute Gasteiger partial charge is 0.332 e. The molecule has 1 heterocycles. The van der Waals surface area contributed by atoms with Crippen molar-refractivity contribution in [2.24, 2.45) is 0 Å². The fraction of sp³-hybridized carbons (Fsp3) is 0.500. The van der Waals surface area contributed by atoms with Gasteiger partial charge < -0.3 is 15.2 Å². The Morgan fingerprint density at radius 3 is 2.74 bits per heavy atom. The minimum absolute atomic E-state index is 0.000927. The van der Waals surface area contributed by atoms with Crippen molar-refractivity contribution in [1.29, 1.82) is 0 Å². The second-order valence-corrected chi connectivity index (χ2v) is 5.76. The lowest BCUT2D eigenvalue weighted by molar-refractivity contribution is -0.149. The number of rotatable bonds is 5. The van der Waals surface area contributed by atoms with Gasteiger partial charge in [-0.2, -0.15) is 0 Å². The van der Waals surface area contributed by atoms with Crippen LogP contribution >= 0.6 is 15.9 Å². The van der Waals surface area contributed by atoms with Gasteiger partial charge in [-0.05, 0) is 37.5 Å². The average molecular weight is 328 g/mol. The predicted molar refractivity (Wildman–Crippen MR) is 76.1 cm³/mol. The normalized spacial score (nSPS) is 24.3. The summed E-state index contributed by atoms with van der Waals surface area (Å²) in [5.41, 5.74) is 1.20. The van der Waals surface area contributed by atoms with Gasteiger partial charge >= 0.3 is 5.97 Å². The molecule has 2 rings (SSSR count). The fourth-order valence-corrected chi connectivity index (χ4v) is 2.48. The quantitative estimate of drug-likeness (QED) is 0.873. The zero-order chi connectivity index (χ0) is 13.8. The molecule has 1 fully saturated rings. The lowest BCUT2D eigenvalue weighted by atomic mass is 10.1. The first-order valence-corrected chi connectivity index (χ1v) is 7.22. The van der Waals surface area contributed by atoms with Crippen LogP contribution in [-0.4, -0.2) is 29.8 Å². The van der Waals surface area contributed by atoms with Gasteiger partial charge in [0.15, 0.2) is 6.10 Å². The van der Waals surface area contributed by atoms with E-state index in [1.165, 1.54) is 5.56 Å². The van der Waals surface area contributed by atoms with E-state index in [1.807, 2.05) is 12.1 Å². The predicted octanol–water partition coefficient (Wildman–Crippen LogP) is 2.73. The lowest BCUT2D eigenvalue weighted by Crippen LogP contribution is -2.30. The summed E-state index contributed by atoms with van der Waals surface area (Å²) in [6, 6.07) is 8.38. The van der Waals surface area contributed by atoms with E-state index < -0.39 is 12.1 Å². The number of aliphatic carboxylic acids is 1. The first kappa shape index (κ1) is 14.5. The summed E-state index contributed by atoms with van der Waals surface area (Å²) in [6.45, 7) is 2.77. The highest BCUT2D eigenvalue weighted by atomic mass is 79.9. The van der Waals surface area contributed by atoms with Crippen LogP contribution in [-0.2, 0) is 9.53 Å². The van der Waals surface area contributed by atoms with Crippen LogP contribution in [0.25, 0.3) is 0 Å². The van der Waals surface area contributed by atoms with Crippen LogP contribution in [0.2, 0.25) is 0 Å². The van der Waals surface area contributed by atoms with Crippen molar-refractivity contribution >= 4 is 21.9 Å². The number of nitrogens with one attached hydrogen (secondary N) is 1. The molecule has 1 aromatic carbocycles. The fourth-order valence-electron chi connectivity index (χ4n) is 2.22. The first-order valence-electron chi connectivity index (χ1n) is 6.43. The summed E-state index contributed by atoms with van der Waals surface area (Å²) < 4.78 is 6.52. The molecular formula is C14H18BrNO3. The van der Waals surface area contributed by atoms with Crippen molar-refractivity contribution in [2.45, 2.75) is 38.0 Å². The Kier molecular flexibility index (Phi) is 4.96. The molecule has 0 radical (unpaired) electrons. The highest BCUT2D eigenvalue weighted by molar-refractivity contribution is 9.10. The minimum Gasteiger partial charge on any atom is -0.479 e. The van der Waals surface area contributed by atoms with Gasteiger partial charge in [0.2, 0.25) is 0 Å². The number of carbonyl (C=O) groups is 1. The Morgan fingerprint density at radius 1 is 1.47 bits per heavy atom. The van der Waals surface area contributed by atoms with Crippen molar-refractivity contribution in [3.63, 3.8) is 0 Å². The van der Waals surface area contributed by atoms with E-state index in [1.54, 1.807) is 0 Å². The second kappa shape index (κ2) is 6.50. The molecule has 0 amide bonds. The Labute approximate surface area is 121 Å². The Morgan fingerprint density at radius 2 is 2.16 bits per heavy atom. The van der Waals surface area contributed by atoms with E-state index >= 15 is 0 Å². The van der Waals surface area contributed by atoms with E-state index in [0.717, 1.165) is 10.9 Å². The molecule has 0 bridgehead atoms. The van der Waals surface area contributed by atoms with Gasteiger partial charge in [-0.25, -0.2) is 4.79 Å². The maximum Gasteiger partial charge on any atom is 0.332 e. The van der Waals surface area contributed by atoms with Crippen LogP contribution in [0.1, 0.15) is 31.4 Å². The van der Waals surface area contributed by atoms with Crippen molar-refractivity contribution in [1.82, 2.24) is 5.32 Å². The molecule has 19 heavy (non-hydrogen) atoms. The molecule has 2 N–H and O–H groups in total. The molecule has 4 nitrogen and oxygen atoms in total. The third-order valence-corrected chi connectivity index (χ3v) is 3.93. The van der Waals surface area contributed by atoms with Crippen molar-refractivity contribution < 1.29 is 14.6 Å². The van der Waals surface area contributed by atoms with Gasteiger partial charge in [0.1, 0.15) is 0 Å². The molecule has 104 valence electrons. The topological polar surface area (TPSA) is 58.6 Å². The average Bonchev–Trinajstić information content (AvgIpc) is 2.86. The lowest BCUT2D eigenvalue weighted by Gasteiger charge is -2.18. The summed E-state index contributed by atoms with van der Waals surface area (Å²) >= 11 is 3.41. The number of hydrogen-bond acceptors (Lipinski definition) is 3. The standard InChI is InChI=1S/C14H18BrNO3/c1-9(10-2-4-11(15)5-3-10)16-8-12-6-7-13(19-12)14(17)18/h2-5,9,12-13,16H,6-8H2,1H3,(H,17,18). The zero-order valence-electron chi connectivity index (χ0n) is 10.8. The highest BCUT2D eigenvalue weighted by Gasteiger charge is 2.30. The summed E-state index contributed by atoms with van der Waals surface area (Å²) in [5, 5.41) is 12.2. The third-order valence-electron chi connectivity index (χ3n) is 3.40. The van der Waals surface area contributed by atoms with Gasteiger partial charge in [0.05, 0.1) is 6.10 Å². The van der Waals surface area contributed by atoms with Crippen LogP contribution in [0.3, 0.4) is 0 Å². The van der Waals surface area contributed by atoms with E-state index in [0.29, 0.717) is 13.0 Å². The van der Waals surface area contributed by atoms with E-state index in [9.17, 15) is 4.79 Å². The van der Waals surface area contributed by atoms with Crippen LogP contribution in [0.5, 0.6) is 0 Å². The summed E-state index contributed by atoms with van der Waals surface area (Å²) in [5.74, 6) is -0.858. The van der Waals surface area contributed by atoms with E-state index in [4.69, 9.17) is 9.84 Å². The second-order valence-electron chi connectivity index (χ2n) is 4.84. The van der Waals surface area contributed by atoms with E-state index in [2.05, 4.69) is 40.3 Å². The molecule has 0 spiro atoms. The number of carboxylic acid groups (broad SMARTS) is 1. The zero-order valence-corrected chi connectivity index (χ0v) is 12.4. The van der Waals surface area contributed by atoms with Gasteiger partial charge in [0, 0.05) is 17.1 Å². The van der Waals surface area contributed by atoms with Gasteiger partial charge in [0.25, 0.3) is 0 Å². The van der Waals surface area contributed by atoms with Crippen LogP contribution in [0.4, 0.5) is 0 Å². The minimum atomic E-state index is -0.858. The van der Waals surface area contributed by atoms with Crippen LogP contribution in [0, 0.1) is 0 Å². The van der Waals surface area contributed by atoms with Crippen molar-refractivity contribution in [3.8, 4) is 0 Å². The Bertz CT molecular complexity index is 435. The molecule has 1 aliphatic rings. The molecule has 1 aromatic rings. The molecule has 1 aliphatic heterocycles. The summed E-state index contributed by atoms with van der Waals surface area (Å²) in [6.07, 6.45) is 0.777. The molecule has 0 aliphatic carbocycles. The molecule has 3 atom stereocenters. The highest BCUT2D eigenvalue weighted by Crippen LogP contribution is 2.21. The molecule has 0 aromatic heterocycles. The maximum atomic E-state index is 10.8. The molecular weight excluding hydrogens is 310 g/mol. The number of ether oxygens (including phenoxy) is 1. The number of carboxylic acids is 1. The Balaban J connectivity index is 1.79. The molecule has 3 unspecified atom stereocenters. The van der Waals surface area contributed by atoms with Gasteiger partial charge in [-0.1, -0.05) is 28.1 Å². The van der Waals surface area contributed by atoms with Crippen LogP contribution in [0.15, 0.2) is 28.7 Å². The van der Waals surface area contributed by atoms with Gasteiger partial charge in [-0.3, -0.25) is 0 Å². The SMILES string of the molecule is CC(NCC1CCC(C(=O)O)O1)c1ccc(Br)cc1. The first-order chi connectivity index (χ1) is 9.06. The largest absolute Gasteiger partial charge is 0.479 e. The van der Waals surface area contributed by atoms with Crippen molar-refractivity contribution in [2.75, 3.05) is 6.54 Å². The molecule has 0 saturated carbocycles. The van der Waals surface area contributed by atoms with Crippen molar-refractivity contribution in [3.05, 3.63) is 34.3 Å². The Hall–Kier alpha value is -0.910. The van der Waals surface area contributed by atoms with E-state index in [-0.39, 0.29) is 12.1 Å². The third kappa shape index (κ3) is 4.03. The molecule has 1 saturated heterocycles. The van der Waals surface area contributed by atoms with Gasteiger partial charge in [-0.15, -0.1) is 0 Å². The maximum absolute atomic E-state index is 10.8. The monoisotopic (exact) mass is 327 g/mol. The van der Waals surface area contributed by atoms with Crippen LogP contribution < -0.4 is 5.32 Å². The number of hydrogen-bond donors (Lipinski definition) is 2. The number of benzene rings is 1. The molecule has 5 heteroatoms. The summed E-state index contributed by atoms with van der Waals surface area (Å²) in [7, 11) is 0. The summed E-state index contributed by atoms with van der Waals surface area (Å²) in [4.78, 5) is 10.8.